The van der Waals surface area contributed by atoms with E-state index in [9.17, 15) is 0 Å². The highest BCUT2D eigenvalue weighted by atomic mass is 16.5. The quantitative estimate of drug-likeness (QED) is 0.539. The molecule has 0 aromatic heterocycles. The van der Waals surface area contributed by atoms with E-state index in [-0.39, 0.29) is 12.1 Å². The molecule has 0 aromatic carbocycles. The predicted molar refractivity (Wildman–Crippen MR) is 65.3 cm³/mol. The fraction of sp³-hybridized carbons (Fsp3) is 1.00. The zero-order valence-corrected chi connectivity index (χ0v) is 10.5. The van der Waals surface area contributed by atoms with Gasteiger partial charge < -0.3 is 20.9 Å². The Morgan fingerprint density at radius 2 is 2.25 bits per heavy atom. The Labute approximate surface area is 98.5 Å². The molecular formula is C12H26N2O2. The second-order valence-corrected chi connectivity index (χ2v) is 4.98. The molecule has 0 heterocycles. The zero-order valence-electron chi connectivity index (χ0n) is 10.5. The molecule has 1 fully saturated rings. The molecule has 0 aliphatic heterocycles. The van der Waals surface area contributed by atoms with E-state index in [0.29, 0.717) is 25.1 Å². The molecule has 1 aliphatic carbocycles. The summed E-state index contributed by atoms with van der Waals surface area (Å²) in [5.41, 5.74) is 5.87. The van der Waals surface area contributed by atoms with Crippen molar-refractivity contribution in [1.82, 2.24) is 5.32 Å². The standard InChI is InChI=1S/C12H26N2O2/c1-10(4-3-7-15)14-12(8-13,9-16-2)11-5-6-11/h10-11,14-15H,3-9,13H2,1-2H3. The number of methoxy groups -OCH3 is 1. The highest BCUT2D eigenvalue weighted by molar-refractivity contribution is 5.03. The van der Waals surface area contributed by atoms with Crippen LogP contribution in [0.3, 0.4) is 0 Å². The number of hydrogen-bond acceptors (Lipinski definition) is 4. The summed E-state index contributed by atoms with van der Waals surface area (Å²) < 4.78 is 5.31. The number of nitrogens with two attached hydrogens (primary N) is 1. The van der Waals surface area contributed by atoms with Gasteiger partial charge >= 0.3 is 0 Å². The maximum Gasteiger partial charge on any atom is 0.0659 e. The van der Waals surface area contributed by atoms with Gasteiger partial charge in [0.15, 0.2) is 0 Å². The molecule has 1 rings (SSSR count). The fourth-order valence-electron chi connectivity index (χ4n) is 2.42. The Morgan fingerprint density at radius 3 is 2.69 bits per heavy atom. The van der Waals surface area contributed by atoms with Gasteiger partial charge in [-0.05, 0) is 38.5 Å². The van der Waals surface area contributed by atoms with Gasteiger partial charge in [-0.1, -0.05) is 0 Å². The van der Waals surface area contributed by atoms with Gasteiger partial charge in [0.2, 0.25) is 0 Å². The summed E-state index contributed by atoms with van der Waals surface area (Å²) in [6, 6.07) is 0.381. The number of aliphatic hydroxyl groups excluding tert-OH is 1. The monoisotopic (exact) mass is 230 g/mol. The molecule has 0 radical (unpaired) electrons. The third kappa shape index (κ3) is 3.70. The normalized spacial score (nSPS) is 21.8. The third-order valence-corrected chi connectivity index (χ3v) is 3.45. The van der Waals surface area contributed by atoms with Crippen molar-refractivity contribution in [3.63, 3.8) is 0 Å². The highest BCUT2D eigenvalue weighted by Crippen LogP contribution is 2.39. The highest BCUT2D eigenvalue weighted by Gasteiger charge is 2.44. The minimum absolute atomic E-state index is 0.0520. The van der Waals surface area contributed by atoms with Crippen molar-refractivity contribution in [2.75, 3.05) is 26.9 Å². The van der Waals surface area contributed by atoms with Crippen molar-refractivity contribution >= 4 is 0 Å². The molecule has 0 bridgehead atoms. The third-order valence-electron chi connectivity index (χ3n) is 3.45. The zero-order chi connectivity index (χ0) is 12.0. The first kappa shape index (κ1) is 13.9. The predicted octanol–water partition coefficient (Wildman–Crippen LogP) is 0.491. The van der Waals surface area contributed by atoms with Crippen LogP contribution in [0.25, 0.3) is 0 Å². The molecule has 0 spiro atoms. The van der Waals surface area contributed by atoms with Crippen LogP contribution < -0.4 is 11.1 Å². The van der Waals surface area contributed by atoms with Gasteiger partial charge in [0.05, 0.1) is 12.1 Å². The molecule has 2 unspecified atom stereocenters. The Morgan fingerprint density at radius 1 is 1.56 bits per heavy atom. The van der Waals surface area contributed by atoms with E-state index in [1.807, 2.05) is 0 Å². The molecule has 2 atom stereocenters. The molecule has 1 aliphatic rings. The maximum atomic E-state index is 8.82. The van der Waals surface area contributed by atoms with Crippen LogP contribution in [0.5, 0.6) is 0 Å². The molecule has 4 heteroatoms. The smallest absolute Gasteiger partial charge is 0.0659 e. The summed E-state index contributed by atoms with van der Waals surface area (Å²) in [5, 5.41) is 12.4. The van der Waals surface area contributed by atoms with Crippen LogP contribution >= 0.6 is 0 Å². The number of nitrogens with one attached hydrogen (secondary N) is 1. The molecule has 0 amide bonds. The number of hydrogen-bond donors (Lipinski definition) is 3. The Hall–Kier alpha value is -0.160. The topological polar surface area (TPSA) is 67.5 Å². The first-order chi connectivity index (χ1) is 7.68. The van der Waals surface area contributed by atoms with E-state index in [1.165, 1.54) is 12.8 Å². The Bertz CT molecular complexity index is 197. The first-order valence-electron chi connectivity index (χ1n) is 6.26. The minimum atomic E-state index is -0.0520. The Kier molecular flexibility index (Phi) is 5.69. The lowest BCUT2D eigenvalue weighted by atomic mass is 9.92. The molecule has 0 aromatic rings. The second-order valence-electron chi connectivity index (χ2n) is 4.98. The SMILES string of the molecule is COCC(CN)(NC(C)CCCO)C1CC1. The van der Waals surface area contributed by atoms with E-state index in [2.05, 4.69) is 12.2 Å². The van der Waals surface area contributed by atoms with Crippen LogP contribution in [0.15, 0.2) is 0 Å². The van der Waals surface area contributed by atoms with E-state index in [4.69, 9.17) is 15.6 Å². The van der Waals surface area contributed by atoms with E-state index in [0.717, 1.165) is 12.8 Å². The summed E-state index contributed by atoms with van der Waals surface area (Å²) in [7, 11) is 1.73. The van der Waals surface area contributed by atoms with Crippen LogP contribution in [0.2, 0.25) is 0 Å². The second kappa shape index (κ2) is 6.55. The van der Waals surface area contributed by atoms with Gasteiger partial charge in [-0.3, -0.25) is 0 Å². The van der Waals surface area contributed by atoms with Crippen LogP contribution in [0.4, 0.5) is 0 Å². The summed E-state index contributed by atoms with van der Waals surface area (Å²) in [6.07, 6.45) is 4.32. The molecule has 96 valence electrons. The summed E-state index contributed by atoms with van der Waals surface area (Å²) >= 11 is 0. The maximum absolute atomic E-state index is 8.82. The van der Waals surface area contributed by atoms with Crippen LogP contribution in [0, 0.1) is 5.92 Å². The van der Waals surface area contributed by atoms with Crippen molar-refractivity contribution in [3.8, 4) is 0 Å². The lowest BCUT2D eigenvalue weighted by Gasteiger charge is -2.36. The average molecular weight is 230 g/mol. The number of aliphatic hydroxyl groups is 1. The minimum Gasteiger partial charge on any atom is -0.396 e. The van der Waals surface area contributed by atoms with Crippen LogP contribution in [0.1, 0.15) is 32.6 Å². The van der Waals surface area contributed by atoms with Crippen molar-refractivity contribution < 1.29 is 9.84 Å². The van der Waals surface area contributed by atoms with Crippen molar-refractivity contribution in [2.24, 2.45) is 11.7 Å². The summed E-state index contributed by atoms with van der Waals surface area (Å²) in [5.74, 6) is 0.661. The van der Waals surface area contributed by atoms with Crippen LogP contribution in [-0.2, 0) is 4.74 Å². The number of rotatable bonds is 9. The van der Waals surface area contributed by atoms with E-state index < -0.39 is 0 Å². The van der Waals surface area contributed by atoms with Crippen LogP contribution in [-0.4, -0.2) is 43.6 Å². The van der Waals surface area contributed by atoms with E-state index >= 15 is 0 Å². The van der Waals surface area contributed by atoms with Gasteiger partial charge in [-0.25, -0.2) is 0 Å². The molecular weight excluding hydrogens is 204 g/mol. The first-order valence-corrected chi connectivity index (χ1v) is 6.26. The molecule has 1 saturated carbocycles. The molecule has 16 heavy (non-hydrogen) atoms. The average Bonchev–Trinajstić information content (AvgIpc) is 3.09. The Balaban J connectivity index is 2.48. The number of ether oxygens (including phenoxy) is 1. The summed E-state index contributed by atoms with van der Waals surface area (Å²) in [6.45, 7) is 3.71. The lowest BCUT2D eigenvalue weighted by Crippen LogP contribution is -2.59. The van der Waals surface area contributed by atoms with Gasteiger partial charge in [0.25, 0.3) is 0 Å². The van der Waals surface area contributed by atoms with Gasteiger partial charge in [-0.2, -0.15) is 0 Å². The lowest BCUT2D eigenvalue weighted by molar-refractivity contribution is 0.0894. The fourth-order valence-corrected chi connectivity index (χ4v) is 2.42. The van der Waals surface area contributed by atoms with Crippen molar-refractivity contribution in [3.05, 3.63) is 0 Å². The molecule has 4 nitrogen and oxygen atoms in total. The van der Waals surface area contributed by atoms with Gasteiger partial charge in [0, 0.05) is 26.3 Å². The van der Waals surface area contributed by atoms with Crippen molar-refractivity contribution in [2.45, 2.75) is 44.2 Å². The molecule has 4 N–H and O–H groups in total. The van der Waals surface area contributed by atoms with Crippen molar-refractivity contribution in [1.29, 1.82) is 0 Å². The van der Waals surface area contributed by atoms with Gasteiger partial charge in [0.1, 0.15) is 0 Å². The van der Waals surface area contributed by atoms with Gasteiger partial charge in [-0.15, -0.1) is 0 Å². The summed E-state index contributed by atoms with van der Waals surface area (Å²) in [4.78, 5) is 0. The van der Waals surface area contributed by atoms with E-state index in [1.54, 1.807) is 7.11 Å². The molecule has 0 saturated heterocycles. The largest absolute Gasteiger partial charge is 0.396 e.